The second kappa shape index (κ2) is 6.05. The lowest BCUT2D eigenvalue weighted by Gasteiger charge is -2.13. The number of rotatable bonds is 5. The Kier molecular flexibility index (Phi) is 3.96. The fourth-order valence-corrected chi connectivity index (χ4v) is 2.44. The number of hydrogen-bond acceptors (Lipinski definition) is 5. The van der Waals surface area contributed by atoms with E-state index >= 15 is 0 Å². The summed E-state index contributed by atoms with van der Waals surface area (Å²) in [6.07, 6.45) is 0. The van der Waals surface area contributed by atoms with Gasteiger partial charge in [-0.05, 0) is 42.3 Å². The maximum absolute atomic E-state index is 5.44. The first-order valence-corrected chi connectivity index (χ1v) is 7.06. The molecule has 0 bridgehead atoms. The molecule has 1 aliphatic heterocycles. The predicted molar refractivity (Wildman–Crippen MR) is 84.2 cm³/mol. The SMILES string of the molecule is COc1ccc(C)cc1NCc1cc(OC)c2c(c1)OCO2. The van der Waals surface area contributed by atoms with Crippen LogP contribution in [-0.4, -0.2) is 21.0 Å². The molecule has 22 heavy (non-hydrogen) atoms. The summed E-state index contributed by atoms with van der Waals surface area (Å²) >= 11 is 0. The van der Waals surface area contributed by atoms with E-state index in [0.29, 0.717) is 23.8 Å². The van der Waals surface area contributed by atoms with Crippen LogP contribution in [0.15, 0.2) is 30.3 Å². The Morgan fingerprint density at radius 1 is 1.05 bits per heavy atom. The summed E-state index contributed by atoms with van der Waals surface area (Å²) in [6, 6.07) is 9.94. The van der Waals surface area contributed by atoms with Gasteiger partial charge in [0, 0.05) is 6.54 Å². The number of fused-ring (bicyclic) bond motifs is 1. The minimum atomic E-state index is 0.230. The van der Waals surface area contributed by atoms with Crippen LogP contribution in [0.3, 0.4) is 0 Å². The van der Waals surface area contributed by atoms with Crippen LogP contribution in [0, 0.1) is 6.92 Å². The third kappa shape index (κ3) is 2.74. The summed E-state index contributed by atoms with van der Waals surface area (Å²) in [5.74, 6) is 2.88. The Labute approximate surface area is 129 Å². The predicted octanol–water partition coefficient (Wildman–Crippen LogP) is 3.35. The van der Waals surface area contributed by atoms with Crippen LogP contribution >= 0.6 is 0 Å². The smallest absolute Gasteiger partial charge is 0.231 e. The van der Waals surface area contributed by atoms with E-state index in [9.17, 15) is 0 Å². The zero-order valence-electron chi connectivity index (χ0n) is 12.9. The van der Waals surface area contributed by atoms with E-state index in [1.807, 2.05) is 31.2 Å². The van der Waals surface area contributed by atoms with Gasteiger partial charge in [-0.1, -0.05) is 6.07 Å². The second-order valence-electron chi connectivity index (χ2n) is 5.09. The van der Waals surface area contributed by atoms with Gasteiger partial charge in [0.2, 0.25) is 12.5 Å². The minimum absolute atomic E-state index is 0.230. The van der Waals surface area contributed by atoms with Crippen LogP contribution in [0.4, 0.5) is 5.69 Å². The highest BCUT2D eigenvalue weighted by atomic mass is 16.7. The quantitative estimate of drug-likeness (QED) is 0.917. The number of methoxy groups -OCH3 is 2. The van der Waals surface area contributed by atoms with Gasteiger partial charge in [0.05, 0.1) is 19.9 Å². The maximum Gasteiger partial charge on any atom is 0.231 e. The van der Waals surface area contributed by atoms with Gasteiger partial charge < -0.3 is 24.3 Å². The second-order valence-corrected chi connectivity index (χ2v) is 5.09. The van der Waals surface area contributed by atoms with E-state index in [0.717, 1.165) is 17.0 Å². The molecule has 2 aromatic rings. The lowest BCUT2D eigenvalue weighted by Crippen LogP contribution is -2.02. The molecule has 0 amide bonds. The van der Waals surface area contributed by atoms with E-state index < -0.39 is 0 Å². The third-order valence-corrected chi connectivity index (χ3v) is 3.56. The molecule has 5 nitrogen and oxygen atoms in total. The van der Waals surface area contributed by atoms with Crippen molar-refractivity contribution in [2.75, 3.05) is 26.3 Å². The van der Waals surface area contributed by atoms with Gasteiger partial charge in [0.1, 0.15) is 5.75 Å². The Bertz CT molecular complexity index is 685. The molecule has 0 aliphatic carbocycles. The fourth-order valence-electron chi connectivity index (χ4n) is 2.44. The van der Waals surface area contributed by atoms with Crippen LogP contribution < -0.4 is 24.3 Å². The van der Waals surface area contributed by atoms with Gasteiger partial charge in [-0.25, -0.2) is 0 Å². The van der Waals surface area contributed by atoms with Crippen molar-refractivity contribution in [3.8, 4) is 23.0 Å². The van der Waals surface area contributed by atoms with E-state index in [1.54, 1.807) is 14.2 Å². The number of ether oxygens (including phenoxy) is 4. The molecule has 0 fully saturated rings. The van der Waals surface area contributed by atoms with Crippen molar-refractivity contribution in [3.63, 3.8) is 0 Å². The summed E-state index contributed by atoms with van der Waals surface area (Å²) in [5, 5.41) is 3.39. The first-order valence-electron chi connectivity index (χ1n) is 7.06. The Hall–Kier alpha value is -2.56. The molecule has 3 rings (SSSR count). The van der Waals surface area contributed by atoms with Crippen molar-refractivity contribution in [1.29, 1.82) is 0 Å². The maximum atomic E-state index is 5.44. The summed E-state index contributed by atoms with van der Waals surface area (Å²) in [5.41, 5.74) is 3.18. The standard InChI is InChI=1S/C17H19NO4/c1-11-4-5-14(19-2)13(6-11)18-9-12-7-15(20-3)17-16(8-12)21-10-22-17/h4-8,18H,9-10H2,1-3H3. The van der Waals surface area contributed by atoms with Crippen LogP contribution in [0.2, 0.25) is 0 Å². The highest BCUT2D eigenvalue weighted by Crippen LogP contribution is 2.42. The minimum Gasteiger partial charge on any atom is -0.495 e. The topological polar surface area (TPSA) is 49.0 Å². The van der Waals surface area contributed by atoms with E-state index in [-0.39, 0.29) is 6.79 Å². The molecule has 0 saturated heterocycles. The average molecular weight is 301 g/mol. The zero-order chi connectivity index (χ0) is 15.5. The van der Waals surface area contributed by atoms with Gasteiger partial charge in [-0.3, -0.25) is 0 Å². The van der Waals surface area contributed by atoms with Gasteiger partial charge in [-0.2, -0.15) is 0 Å². The molecular weight excluding hydrogens is 282 g/mol. The molecule has 0 aromatic heterocycles. The van der Waals surface area contributed by atoms with Crippen molar-refractivity contribution in [1.82, 2.24) is 0 Å². The number of anilines is 1. The molecule has 2 aromatic carbocycles. The van der Waals surface area contributed by atoms with Gasteiger partial charge in [0.25, 0.3) is 0 Å². The number of nitrogens with one attached hydrogen (secondary N) is 1. The Morgan fingerprint density at radius 3 is 2.64 bits per heavy atom. The first-order chi connectivity index (χ1) is 10.7. The highest BCUT2D eigenvalue weighted by Gasteiger charge is 2.20. The lowest BCUT2D eigenvalue weighted by atomic mass is 10.1. The third-order valence-electron chi connectivity index (χ3n) is 3.56. The normalized spacial score (nSPS) is 12.1. The van der Waals surface area contributed by atoms with Crippen LogP contribution in [0.1, 0.15) is 11.1 Å². The summed E-state index contributed by atoms with van der Waals surface area (Å²) < 4.78 is 21.6. The molecule has 0 unspecified atom stereocenters. The van der Waals surface area contributed by atoms with E-state index in [2.05, 4.69) is 11.4 Å². The molecular formula is C17H19NO4. The Balaban J connectivity index is 1.81. The van der Waals surface area contributed by atoms with Gasteiger partial charge in [0.15, 0.2) is 11.5 Å². The molecule has 1 heterocycles. The van der Waals surface area contributed by atoms with Crippen molar-refractivity contribution < 1.29 is 18.9 Å². The zero-order valence-corrected chi connectivity index (χ0v) is 12.9. The fraction of sp³-hybridized carbons (Fsp3) is 0.294. The van der Waals surface area contributed by atoms with Crippen LogP contribution in [0.25, 0.3) is 0 Å². The van der Waals surface area contributed by atoms with Crippen molar-refractivity contribution >= 4 is 5.69 Å². The summed E-state index contributed by atoms with van der Waals surface area (Å²) in [7, 11) is 3.29. The summed E-state index contributed by atoms with van der Waals surface area (Å²) in [6.45, 7) is 2.91. The lowest BCUT2D eigenvalue weighted by molar-refractivity contribution is 0.171. The Morgan fingerprint density at radius 2 is 1.86 bits per heavy atom. The van der Waals surface area contributed by atoms with Crippen LogP contribution in [-0.2, 0) is 6.54 Å². The molecule has 1 N–H and O–H groups in total. The van der Waals surface area contributed by atoms with Gasteiger partial charge in [-0.15, -0.1) is 0 Å². The molecule has 116 valence electrons. The number of benzene rings is 2. The van der Waals surface area contributed by atoms with Crippen molar-refractivity contribution in [3.05, 3.63) is 41.5 Å². The van der Waals surface area contributed by atoms with E-state index in [1.165, 1.54) is 5.56 Å². The number of aryl methyl sites for hydroxylation is 1. The first kappa shape index (κ1) is 14.4. The molecule has 0 spiro atoms. The monoisotopic (exact) mass is 301 g/mol. The average Bonchev–Trinajstić information content (AvgIpc) is 3.00. The van der Waals surface area contributed by atoms with E-state index in [4.69, 9.17) is 18.9 Å². The number of hydrogen-bond donors (Lipinski definition) is 1. The largest absolute Gasteiger partial charge is 0.495 e. The highest BCUT2D eigenvalue weighted by molar-refractivity contribution is 5.59. The summed E-state index contributed by atoms with van der Waals surface area (Å²) in [4.78, 5) is 0. The molecule has 0 saturated carbocycles. The van der Waals surface area contributed by atoms with Crippen LogP contribution in [0.5, 0.6) is 23.0 Å². The molecule has 1 aliphatic rings. The van der Waals surface area contributed by atoms with Gasteiger partial charge >= 0.3 is 0 Å². The van der Waals surface area contributed by atoms with Crippen molar-refractivity contribution in [2.24, 2.45) is 0 Å². The van der Waals surface area contributed by atoms with Crippen molar-refractivity contribution in [2.45, 2.75) is 13.5 Å². The molecule has 0 radical (unpaired) electrons. The molecule has 5 heteroatoms. The molecule has 0 atom stereocenters.